The Morgan fingerprint density at radius 2 is 1.76 bits per heavy atom. The van der Waals surface area contributed by atoms with Gasteiger partial charge in [0.25, 0.3) is 0 Å². The van der Waals surface area contributed by atoms with Crippen LogP contribution in [0.1, 0.15) is 18.1 Å². The lowest BCUT2D eigenvalue weighted by molar-refractivity contribution is -0.137. The number of aryl methyl sites for hydroxylation is 1. The van der Waals surface area contributed by atoms with Crippen LogP contribution in [0.4, 0.5) is 27.8 Å². The first-order valence-electron chi connectivity index (χ1n) is 15.1. The lowest BCUT2D eigenvalue weighted by Gasteiger charge is -2.40. The van der Waals surface area contributed by atoms with Crippen LogP contribution in [-0.4, -0.2) is 91.2 Å². The molecule has 1 aliphatic heterocycles. The fourth-order valence-electron chi connectivity index (χ4n) is 5.86. The number of fused-ring (bicyclic) bond motifs is 1. The molecule has 0 spiro atoms. The third-order valence-electron chi connectivity index (χ3n) is 8.12. The van der Waals surface area contributed by atoms with E-state index in [-0.39, 0.29) is 52.9 Å². The monoisotopic (exact) mass is 704 g/mol. The second-order valence-corrected chi connectivity index (χ2v) is 14.1. The molecule has 1 aliphatic rings. The fourth-order valence-corrected chi connectivity index (χ4v) is 6.79. The molecule has 1 amide bonds. The van der Waals surface area contributed by atoms with Crippen LogP contribution in [0.2, 0.25) is 0 Å². The zero-order valence-electron chi connectivity index (χ0n) is 27.2. The highest BCUT2D eigenvalue weighted by molar-refractivity contribution is 7.90. The largest absolute Gasteiger partial charge is 0.417 e. The number of anilines is 1. The lowest BCUT2D eigenvalue weighted by Crippen LogP contribution is -2.54. The van der Waals surface area contributed by atoms with Crippen LogP contribution in [0.15, 0.2) is 64.3 Å². The number of piperazine rings is 1. The summed E-state index contributed by atoms with van der Waals surface area (Å²) in [6.45, 7) is 4.31. The number of hydrogen-bond donors (Lipinski definition) is 0. The number of benzene rings is 2. The number of pyridine rings is 1. The number of carbonyl (C=O) groups is 1. The molecule has 0 N–H and O–H groups in total. The molecule has 3 heterocycles. The minimum absolute atomic E-state index is 0.0870. The van der Waals surface area contributed by atoms with Gasteiger partial charge in [-0.3, -0.25) is 4.79 Å². The molecule has 0 bridgehead atoms. The van der Waals surface area contributed by atoms with E-state index in [0.29, 0.717) is 12.6 Å². The van der Waals surface area contributed by atoms with Crippen molar-refractivity contribution in [3.8, 4) is 16.9 Å². The van der Waals surface area contributed by atoms with E-state index < -0.39 is 61.8 Å². The average Bonchev–Trinajstić information content (AvgIpc) is 3.00. The first kappa shape index (κ1) is 35.6. The van der Waals surface area contributed by atoms with Gasteiger partial charge in [-0.15, -0.1) is 0 Å². The van der Waals surface area contributed by atoms with E-state index in [4.69, 9.17) is 0 Å². The number of para-hydroxylation sites is 1. The highest BCUT2D eigenvalue weighted by atomic mass is 32.2. The summed E-state index contributed by atoms with van der Waals surface area (Å²) in [6.07, 6.45) is -1.02. The molecular formula is C33H33F5N6O4S. The summed E-state index contributed by atoms with van der Waals surface area (Å²) in [4.78, 5) is 40.0. The molecule has 2 aromatic heterocycles. The zero-order chi connectivity index (χ0) is 36.0. The number of amides is 1. The number of nitrogens with zero attached hydrogens (tertiary/aromatic N) is 6. The standard InChI is InChI=1S/C33H33F5N6O4S/c1-19-9-6-12-25(49(5,47)48)29(19)44-31-21(17-24(35)28(39-31)27-22(33(36,37)38)10-7-11-23(27)34)30(40-32(44)46)43-16-15-42(18-20(43)2)26(45)13-8-14-41(3)4/h6-13,17,20H,14-16,18H2,1-5H3/b13-8+/t20-/m0/s1. The van der Waals surface area contributed by atoms with Crippen molar-refractivity contribution in [1.29, 1.82) is 0 Å². The van der Waals surface area contributed by atoms with Gasteiger partial charge in [-0.2, -0.15) is 18.2 Å². The zero-order valence-corrected chi connectivity index (χ0v) is 28.0. The Balaban J connectivity index is 1.77. The Hall–Kier alpha value is -4.70. The second-order valence-electron chi connectivity index (χ2n) is 12.1. The van der Waals surface area contributed by atoms with E-state index in [1.165, 1.54) is 31.2 Å². The smallest absolute Gasteiger partial charge is 0.350 e. The van der Waals surface area contributed by atoms with E-state index >= 15 is 8.78 Å². The van der Waals surface area contributed by atoms with Crippen LogP contribution in [0.25, 0.3) is 28.0 Å². The highest BCUT2D eigenvalue weighted by Crippen LogP contribution is 2.40. The van der Waals surface area contributed by atoms with Crippen LogP contribution in [0.3, 0.4) is 0 Å². The number of carbonyl (C=O) groups excluding carboxylic acids is 1. The summed E-state index contributed by atoms with van der Waals surface area (Å²) < 4.78 is 99.9. The molecule has 4 aromatic rings. The number of rotatable bonds is 7. The van der Waals surface area contributed by atoms with Crippen molar-refractivity contribution >= 4 is 32.6 Å². The molecule has 0 unspecified atom stereocenters. The van der Waals surface area contributed by atoms with Crippen LogP contribution < -0.4 is 10.6 Å². The third-order valence-corrected chi connectivity index (χ3v) is 9.25. The van der Waals surface area contributed by atoms with Crippen molar-refractivity contribution in [2.75, 3.05) is 51.4 Å². The summed E-state index contributed by atoms with van der Waals surface area (Å²) in [7, 11) is -0.302. The van der Waals surface area contributed by atoms with Crippen LogP contribution in [0, 0.1) is 18.6 Å². The summed E-state index contributed by atoms with van der Waals surface area (Å²) >= 11 is 0. The van der Waals surface area contributed by atoms with Gasteiger partial charge in [0, 0.05) is 44.6 Å². The van der Waals surface area contributed by atoms with Crippen LogP contribution >= 0.6 is 0 Å². The van der Waals surface area contributed by atoms with Crippen molar-refractivity contribution in [2.24, 2.45) is 0 Å². The molecule has 16 heteroatoms. The number of alkyl halides is 3. The molecule has 0 saturated carbocycles. The minimum Gasteiger partial charge on any atom is -0.350 e. The van der Waals surface area contributed by atoms with Gasteiger partial charge in [0.1, 0.15) is 17.3 Å². The van der Waals surface area contributed by atoms with Crippen molar-refractivity contribution in [2.45, 2.75) is 31.0 Å². The van der Waals surface area contributed by atoms with E-state index in [2.05, 4.69) is 9.97 Å². The van der Waals surface area contributed by atoms with Crippen LogP contribution in [0.5, 0.6) is 0 Å². The molecule has 1 atom stereocenters. The molecule has 2 aromatic carbocycles. The predicted octanol–water partition coefficient (Wildman–Crippen LogP) is 4.61. The second kappa shape index (κ2) is 13.3. The number of likely N-dealkylation sites (N-methyl/N-ethyl adjacent to an activating group) is 1. The Morgan fingerprint density at radius 3 is 2.39 bits per heavy atom. The maximum absolute atomic E-state index is 16.0. The van der Waals surface area contributed by atoms with Gasteiger partial charge in [0.05, 0.1) is 27.1 Å². The summed E-state index contributed by atoms with van der Waals surface area (Å²) in [5, 5.41) is -0.147. The minimum atomic E-state index is -5.10. The topological polar surface area (TPSA) is 109 Å². The van der Waals surface area contributed by atoms with Crippen LogP contribution in [-0.2, 0) is 20.8 Å². The molecule has 1 fully saturated rings. The first-order valence-corrected chi connectivity index (χ1v) is 17.0. The quantitative estimate of drug-likeness (QED) is 0.203. The molecular weight excluding hydrogens is 671 g/mol. The average molecular weight is 705 g/mol. The van der Waals surface area contributed by atoms with E-state index in [9.17, 15) is 31.2 Å². The Morgan fingerprint density at radius 1 is 1.06 bits per heavy atom. The number of hydrogen-bond acceptors (Lipinski definition) is 8. The van der Waals surface area contributed by atoms with Crippen molar-refractivity contribution in [3.05, 3.63) is 87.9 Å². The van der Waals surface area contributed by atoms with Crippen molar-refractivity contribution < 1.29 is 35.2 Å². The predicted molar refractivity (Wildman–Crippen MR) is 174 cm³/mol. The van der Waals surface area contributed by atoms with Gasteiger partial charge in [0.15, 0.2) is 21.3 Å². The fraction of sp³-hybridized carbons (Fsp3) is 0.333. The van der Waals surface area contributed by atoms with E-state index in [1.54, 1.807) is 22.8 Å². The lowest BCUT2D eigenvalue weighted by atomic mass is 10.0. The Bertz CT molecular complexity index is 2150. The molecule has 49 heavy (non-hydrogen) atoms. The highest BCUT2D eigenvalue weighted by Gasteiger charge is 2.37. The summed E-state index contributed by atoms with van der Waals surface area (Å²) in [5.41, 5.74) is -5.15. The molecule has 0 radical (unpaired) electrons. The maximum Gasteiger partial charge on any atom is 0.417 e. The SMILES string of the molecule is Cc1cccc(S(C)(=O)=O)c1-n1c(=O)nc(N2CCN(C(=O)/C=C/CN(C)C)C[C@@H]2C)c2cc(F)c(-c3c(F)cccc3C(F)(F)F)nc21. The molecule has 0 aliphatic carbocycles. The van der Waals surface area contributed by atoms with E-state index in [1.807, 2.05) is 19.0 Å². The van der Waals surface area contributed by atoms with Gasteiger partial charge < -0.3 is 14.7 Å². The normalized spacial score (nSPS) is 15.9. The van der Waals surface area contributed by atoms with Gasteiger partial charge in [-0.25, -0.2) is 31.5 Å². The van der Waals surface area contributed by atoms with E-state index in [0.717, 1.165) is 29.0 Å². The molecule has 260 valence electrons. The summed E-state index contributed by atoms with van der Waals surface area (Å²) in [5.74, 6) is -3.07. The number of sulfone groups is 1. The first-order chi connectivity index (χ1) is 22.9. The molecule has 1 saturated heterocycles. The molecule has 5 rings (SSSR count). The van der Waals surface area contributed by atoms with Crippen molar-refractivity contribution in [1.82, 2.24) is 24.3 Å². The Kier molecular flexibility index (Phi) is 9.67. The maximum atomic E-state index is 16.0. The summed E-state index contributed by atoms with van der Waals surface area (Å²) in [6, 6.07) is 6.64. The number of halogens is 5. The third kappa shape index (κ3) is 7.06. The van der Waals surface area contributed by atoms with Gasteiger partial charge >= 0.3 is 11.9 Å². The molecule has 10 nitrogen and oxygen atoms in total. The van der Waals surface area contributed by atoms with Crippen molar-refractivity contribution in [3.63, 3.8) is 0 Å². The van der Waals surface area contributed by atoms with Gasteiger partial charge in [0.2, 0.25) is 5.91 Å². The van der Waals surface area contributed by atoms with Gasteiger partial charge in [-0.05, 0) is 57.8 Å². The Labute approximate surface area is 279 Å². The number of aromatic nitrogens is 3. The van der Waals surface area contributed by atoms with Gasteiger partial charge in [-0.1, -0.05) is 24.3 Å².